The lowest BCUT2D eigenvalue weighted by Crippen LogP contribution is -2.07. The van der Waals surface area contributed by atoms with Crippen molar-refractivity contribution in [3.05, 3.63) is 70.7 Å². The van der Waals surface area contributed by atoms with Crippen LogP contribution in [0.5, 0.6) is 0 Å². The Morgan fingerprint density at radius 3 is 2.33 bits per heavy atom. The number of rotatable bonds is 4. The van der Waals surface area contributed by atoms with Crippen molar-refractivity contribution in [2.45, 2.75) is 6.42 Å². The molecule has 0 saturated carbocycles. The monoisotopic (exact) mass is 260 g/mol. The van der Waals surface area contributed by atoms with E-state index in [1.54, 1.807) is 24.3 Å². The van der Waals surface area contributed by atoms with Gasteiger partial charge >= 0.3 is 5.97 Å². The van der Waals surface area contributed by atoms with Crippen LogP contribution in [0.3, 0.4) is 0 Å². The van der Waals surface area contributed by atoms with Crippen LogP contribution in [0.25, 0.3) is 0 Å². The normalized spacial score (nSPS) is 10.1. The molecule has 0 N–H and O–H groups in total. The minimum atomic E-state index is -0.317. The Morgan fingerprint density at radius 1 is 1.00 bits per heavy atom. The van der Waals surface area contributed by atoms with E-state index in [1.165, 1.54) is 0 Å². The molecule has 3 heteroatoms. The number of esters is 1. The molecule has 92 valence electrons. The Kier molecular flexibility index (Phi) is 4.37. The van der Waals surface area contributed by atoms with Crippen LogP contribution in [-0.2, 0) is 11.2 Å². The van der Waals surface area contributed by atoms with E-state index in [9.17, 15) is 4.79 Å². The molecule has 2 rings (SSSR count). The molecular formula is C15H13ClO2. The summed E-state index contributed by atoms with van der Waals surface area (Å²) < 4.78 is 5.19. The third kappa shape index (κ3) is 3.60. The maximum Gasteiger partial charge on any atom is 0.338 e. The molecule has 0 amide bonds. The number of hydrogen-bond acceptors (Lipinski definition) is 2. The van der Waals surface area contributed by atoms with Crippen LogP contribution < -0.4 is 0 Å². The van der Waals surface area contributed by atoms with Gasteiger partial charge in [0.2, 0.25) is 0 Å². The van der Waals surface area contributed by atoms with Gasteiger partial charge in [0, 0.05) is 11.4 Å². The van der Waals surface area contributed by atoms with Crippen LogP contribution in [0, 0.1) is 0 Å². The Balaban J connectivity index is 1.84. The summed E-state index contributed by atoms with van der Waals surface area (Å²) in [6.45, 7) is 0.380. The van der Waals surface area contributed by atoms with Crippen molar-refractivity contribution in [3.63, 3.8) is 0 Å². The van der Waals surface area contributed by atoms with Crippen molar-refractivity contribution in [2.75, 3.05) is 6.61 Å². The van der Waals surface area contributed by atoms with Gasteiger partial charge in [0.1, 0.15) is 0 Å². The SMILES string of the molecule is O=C(OCCc1ccccc1)c1ccc(Cl)cc1. The smallest absolute Gasteiger partial charge is 0.338 e. The molecule has 0 aromatic heterocycles. The fraction of sp³-hybridized carbons (Fsp3) is 0.133. The fourth-order valence-electron chi connectivity index (χ4n) is 1.58. The van der Waals surface area contributed by atoms with Gasteiger partial charge in [-0.2, -0.15) is 0 Å². The van der Waals surface area contributed by atoms with Crippen LogP contribution in [0.2, 0.25) is 5.02 Å². The number of benzene rings is 2. The molecule has 0 spiro atoms. The van der Waals surface area contributed by atoms with E-state index in [2.05, 4.69) is 0 Å². The van der Waals surface area contributed by atoms with Crippen molar-refractivity contribution in [3.8, 4) is 0 Å². The maximum absolute atomic E-state index is 11.7. The molecule has 0 aliphatic heterocycles. The number of carbonyl (C=O) groups excluding carboxylic acids is 1. The second-order valence-corrected chi connectivity index (χ2v) is 4.31. The lowest BCUT2D eigenvalue weighted by molar-refractivity contribution is 0.0509. The van der Waals surface area contributed by atoms with Crippen molar-refractivity contribution >= 4 is 17.6 Å². The lowest BCUT2D eigenvalue weighted by Gasteiger charge is -2.05. The van der Waals surface area contributed by atoms with Gasteiger partial charge in [-0.05, 0) is 29.8 Å². The molecule has 2 aromatic carbocycles. The molecule has 0 heterocycles. The summed E-state index contributed by atoms with van der Waals surface area (Å²) in [5.74, 6) is -0.317. The summed E-state index contributed by atoms with van der Waals surface area (Å²) in [5, 5.41) is 0.607. The lowest BCUT2D eigenvalue weighted by atomic mass is 10.2. The van der Waals surface area contributed by atoms with Gasteiger partial charge in [-0.15, -0.1) is 0 Å². The van der Waals surface area contributed by atoms with Gasteiger partial charge in [0.25, 0.3) is 0 Å². The third-order valence-electron chi connectivity index (χ3n) is 2.55. The average Bonchev–Trinajstić information content (AvgIpc) is 2.40. The number of carbonyl (C=O) groups is 1. The molecule has 0 radical (unpaired) electrons. The minimum Gasteiger partial charge on any atom is -0.462 e. The predicted octanol–water partition coefficient (Wildman–Crippen LogP) is 3.74. The largest absolute Gasteiger partial charge is 0.462 e. The summed E-state index contributed by atoms with van der Waals surface area (Å²) in [7, 11) is 0. The molecule has 2 aromatic rings. The molecule has 0 unspecified atom stereocenters. The van der Waals surface area contributed by atoms with E-state index < -0.39 is 0 Å². The second-order valence-electron chi connectivity index (χ2n) is 3.88. The van der Waals surface area contributed by atoms with Crippen LogP contribution in [0.4, 0.5) is 0 Å². The molecule has 0 aliphatic carbocycles. The van der Waals surface area contributed by atoms with Gasteiger partial charge in [-0.25, -0.2) is 4.79 Å². The molecule has 0 fully saturated rings. The van der Waals surface area contributed by atoms with Gasteiger partial charge in [0.15, 0.2) is 0 Å². The van der Waals surface area contributed by atoms with Gasteiger partial charge in [0.05, 0.1) is 12.2 Å². The Labute approximate surface area is 111 Å². The summed E-state index contributed by atoms with van der Waals surface area (Å²) in [6, 6.07) is 16.6. The molecule has 18 heavy (non-hydrogen) atoms. The molecule has 0 aliphatic rings. The highest BCUT2D eigenvalue weighted by Crippen LogP contribution is 2.10. The quantitative estimate of drug-likeness (QED) is 0.783. The van der Waals surface area contributed by atoms with Crippen LogP contribution in [-0.4, -0.2) is 12.6 Å². The van der Waals surface area contributed by atoms with Gasteiger partial charge < -0.3 is 4.74 Å². The van der Waals surface area contributed by atoms with Gasteiger partial charge in [-0.1, -0.05) is 41.9 Å². The average molecular weight is 261 g/mol. The number of halogens is 1. The summed E-state index contributed by atoms with van der Waals surface area (Å²) in [4.78, 5) is 11.7. The minimum absolute atomic E-state index is 0.317. The van der Waals surface area contributed by atoms with Crippen LogP contribution >= 0.6 is 11.6 Å². The topological polar surface area (TPSA) is 26.3 Å². The first kappa shape index (κ1) is 12.7. The number of hydrogen-bond donors (Lipinski definition) is 0. The van der Waals surface area contributed by atoms with Crippen molar-refractivity contribution in [1.29, 1.82) is 0 Å². The Bertz CT molecular complexity index is 506. The molecular weight excluding hydrogens is 248 g/mol. The standard InChI is InChI=1S/C15H13ClO2/c16-14-8-6-13(7-9-14)15(17)18-11-10-12-4-2-1-3-5-12/h1-9H,10-11H2. The predicted molar refractivity (Wildman–Crippen MR) is 71.9 cm³/mol. The zero-order valence-electron chi connectivity index (χ0n) is 9.80. The highest BCUT2D eigenvalue weighted by molar-refractivity contribution is 6.30. The van der Waals surface area contributed by atoms with E-state index in [0.29, 0.717) is 17.2 Å². The second kappa shape index (κ2) is 6.22. The molecule has 0 bridgehead atoms. The summed E-state index contributed by atoms with van der Waals surface area (Å²) in [6.07, 6.45) is 0.722. The zero-order valence-corrected chi connectivity index (χ0v) is 10.6. The summed E-state index contributed by atoms with van der Waals surface area (Å²) in [5.41, 5.74) is 1.67. The zero-order chi connectivity index (χ0) is 12.8. The van der Waals surface area contributed by atoms with Gasteiger partial charge in [-0.3, -0.25) is 0 Å². The van der Waals surface area contributed by atoms with E-state index in [1.807, 2.05) is 30.3 Å². The Hall–Kier alpha value is -1.80. The first-order chi connectivity index (χ1) is 8.75. The van der Waals surface area contributed by atoms with E-state index in [-0.39, 0.29) is 5.97 Å². The van der Waals surface area contributed by atoms with E-state index >= 15 is 0 Å². The first-order valence-corrected chi connectivity index (χ1v) is 6.10. The van der Waals surface area contributed by atoms with Crippen molar-refractivity contribution in [1.82, 2.24) is 0 Å². The van der Waals surface area contributed by atoms with Crippen LogP contribution in [0.1, 0.15) is 15.9 Å². The van der Waals surface area contributed by atoms with Crippen molar-refractivity contribution in [2.24, 2.45) is 0 Å². The third-order valence-corrected chi connectivity index (χ3v) is 2.80. The van der Waals surface area contributed by atoms with E-state index in [0.717, 1.165) is 12.0 Å². The molecule has 2 nitrogen and oxygen atoms in total. The number of ether oxygens (including phenoxy) is 1. The Morgan fingerprint density at radius 2 is 1.67 bits per heavy atom. The highest BCUT2D eigenvalue weighted by Gasteiger charge is 2.06. The maximum atomic E-state index is 11.7. The summed E-state index contributed by atoms with van der Waals surface area (Å²) >= 11 is 5.75. The molecule has 0 saturated heterocycles. The molecule has 0 atom stereocenters. The first-order valence-electron chi connectivity index (χ1n) is 5.72. The fourth-order valence-corrected chi connectivity index (χ4v) is 1.70. The van der Waals surface area contributed by atoms with Crippen LogP contribution in [0.15, 0.2) is 54.6 Å². The van der Waals surface area contributed by atoms with E-state index in [4.69, 9.17) is 16.3 Å². The highest BCUT2D eigenvalue weighted by atomic mass is 35.5. The van der Waals surface area contributed by atoms with Crippen molar-refractivity contribution < 1.29 is 9.53 Å².